The molecule has 0 radical (unpaired) electrons. The minimum atomic E-state index is 0.550. The smallest absolute Gasteiger partial charge is 0.222 e. The molecule has 17 heavy (non-hydrogen) atoms. The summed E-state index contributed by atoms with van der Waals surface area (Å²) in [4.78, 5) is 8.35. The average Bonchev–Trinajstić information content (AvgIpc) is 2.39. The fraction of sp³-hybridized carbons (Fsp3) is 0.167. The third kappa shape index (κ3) is 3.81. The number of anilines is 1. The Hall–Kier alpha value is -0.880. The summed E-state index contributed by atoms with van der Waals surface area (Å²) in [5.41, 5.74) is 2.31. The standard InChI is InChI=1S/C12H11ClIN3/c13-5-9-1-3-10(4-2-9)6-15-12-16-7-11(14)8-17-12/h1-4,7-8H,5-6H2,(H,15,16,17). The number of aromatic nitrogens is 2. The van der Waals surface area contributed by atoms with Crippen molar-refractivity contribution in [3.8, 4) is 0 Å². The second kappa shape index (κ2) is 6.16. The highest BCUT2D eigenvalue weighted by molar-refractivity contribution is 14.1. The molecule has 0 fully saturated rings. The number of halogens is 2. The molecule has 88 valence electrons. The highest BCUT2D eigenvalue weighted by Gasteiger charge is 1.97. The Morgan fingerprint density at radius 1 is 1.06 bits per heavy atom. The molecule has 0 atom stereocenters. The van der Waals surface area contributed by atoms with E-state index in [1.54, 1.807) is 12.4 Å². The zero-order valence-corrected chi connectivity index (χ0v) is 11.9. The van der Waals surface area contributed by atoms with Crippen LogP contribution in [0.1, 0.15) is 11.1 Å². The maximum absolute atomic E-state index is 5.73. The molecule has 1 aromatic carbocycles. The van der Waals surface area contributed by atoms with Gasteiger partial charge in [0.15, 0.2) is 0 Å². The second-order valence-corrected chi connectivity index (χ2v) is 5.04. The minimum absolute atomic E-state index is 0.550. The van der Waals surface area contributed by atoms with Crippen molar-refractivity contribution in [3.63, 3.8) is 0 Å². The number of hydrogen-bond acceptors (Lipinski definition) is 3. The number of rotatable bonds is 4. The molecule has 0 saturated carbocycles. The molecule has 2 rings (SSSR count). The number of nitrogens with zero attached hydrogens (tertiary/aromatic N) is 2. The lowest BCUT2D eigenvalue weighted by molar-refractivity contribution is 1.05. The van der Waals surface area contributed by atoms with E-state index in [9.17, 15) is 0 Å². The SMILES string of the molecule is ClCc1ccc(CNc2ncc(I)cn2)cc1. The van der Waals surface area contributed by atoms with Crippen molar-refractivity contribution < 1.29 is 0 Å². The first kappa shape index (κ1) is 12.6. The van der Waals surface area contributed by atoms with Crippen LogP contribution >= 0.6 is 34.2 Å². The Labute approximate surface area is 119 Å². The van der Waals surface area contributed by atoms with Crippen molar-refractivity contribution >= 4 is 40.1 Å². The van der Waals surface area contributed by atoms with Crippen molar-refractivity contribution in [2.45, 2.75) is 12.4 Å². The fourth-order valence-corrected chi connectivity index (χ4v) is 1.79. The Bertz CT molecular complexity index is 470. The molecular formula is C12H11ClIN3. The minimum Gasteiger partial charge on any atom is -0.350 e. The second-order valence-electron chi connectivity index (χ2n) is 3.53. The normalized spacial score (nSPS) is 10.2. The van der Waals surface area contributed by atoms with Crippen LogP contribution < -0.4 is 5.32 Å². The Balaban J connectivity index is 1.95. The van der Waals surface area contributed by atoms with Gasteiger partial charge in [0.2, 0.25) is 5.95 Å². The maximum atomic E-state index is 5.73. The highest BCUT2D eigenvalue weighted by Crippen LogP contribution is 2.09. The predicted molar refractivity (Wildman–Crippen MR) is 78.1 cm³/mol. The molecule has 0 saturated heterocycles. The lowest BCUT2D eigenvalue weighted by Gasteiger charge is -2.05. The van der Waals surface area contributed by atoms with Gasteiger partial charge in [-0.1, -0.05) is 24.3 Å². The number of alkyl halides is 1. The Kier molecular flexibility index (Phi) is 4.56. The summed E-state index contributed by atoms with van der Waals surface area (Å²) >= 11 is 7.91. The van der Waals surface area contributed by atoms with E-state index in [1.807, 2.05) is 12.1 Å². The molecule has 1 heterocycles. The molecule has 0 unspecified atom stereocenters. The van der Waals surface area contributed by atoms with Gasteiger partial charge in [0.25, 0.3) is 0 Å². The van der Waals surface area contributed by atoms with Gasteiger partial charge in [-0.2, -0.15) is 0 Å². The zero-order chi connectivity index (χ0) is 12.1. The summed E-state index contributed by atoms with van der Waals surface area (Å²) in [5, 5.41) is 3.17. The van der Waals surface area contributed by atoms with Gasteiger partial charge >= 0.3 is 0 Å². The van der Waals surface area contributed by atoms with Crippen molar-refractivity contribution in [2.24, 2.45) is 0 Å². The molecular weight excluding hydrogens is 349 g/mol. The molecule has 5 heteroatoms. The van der Waals surface area contributed by atoms with Crippen molar-refractivity contribution in [2.75, 3.05) is 5.32 Å². The first-order valence-electron chi connectivity index (χ1n) is 5.13. The van der Waals surface area contributed by atoms with Crippen molar-refractivity contribution in [3.05, 3.63) is 51.4 Å². The van der Waals surface area contributed by atoms with Gasteiger partial charge < -0.3 is 5.32 Å². The van der Waals surface area contributed by atoms with Gasteiger partial charge in [-0.15, -0.1) is 11.6 Å². The molecule has 0 bridgehead atoms. The third-order valence-corrected chi connectivity index (χ3v) is 3.11. The molecule has 1 N–H and O–H groups in total. The maximum Gasteiger partial charge on any atom is 0.222 e. The zero-order valence-electron chi connectivity index (χ0n) is 9.03. The van der Waals surface area contributed by atoms with E-state index in [1.165, 1.54) is 5.56 Å². The lowest BCUT2D eigenvalue weighted by atomic mass is 10.1. The van der Waals surface area contributed by atoms with Gasteiger partial charge in [0.1, 0.15) is 0 Å². The molecule has 0 aliphatic rings. The van der Waals surface area contributed by atoms with Crippen LogP contribution in [0.3, 0.4) is 0 Å². The van der Waals surface area contributed by atoms with Crippen molar-refractivity contribution in [1.29, 1.82) is 0 Å². The molecule has 3 nitrogen and oxygen atoms in total. The van der Waals surface area contributed by atoms with E-state index in [0.717, 1.165) is 9.13 Å². The molecule has 2 aromatic rings. The van der Waals surface area contributed by atoms with E-state index in [4.69, 9.17) is 11.6 Å². The summed E-state index contributed by atoms with van der Waals surface area (Å²) in [5.74, 6) is 1.19. The summed E-state index contributed by atoms with van der Waals surface area (Å²) in [6, 6.07) is 8.16. The fourth-order valence-electron chi connectivity index (χ4n) is 1.33. The summed E-state index contributed by atoms with van der Waals surface area (Å²) in [7, 11) is 0. The first-order chi connectivity index (χ1) is 8.28. The van der Waals surface area contributed by atoms with Crippen LogP contribution in [0.2, 0.25) is 0 Å². The summed E-state index contributed by atoms with van der Waals surface area (Å²) in [6.07, 6.45) is 3.57. The molecule has 1 aromatic heterocycles. The van der Waals surface area contributed by atoms with E-state index in [2.05, 4.69) is 50.0 Å². The van der Waals surface area contributed by atoms with Gasteiger partial charge in [-0.05, 0) is 33.7 Å². The van der Waals surface area contributed by atoms with Crippen LogP contribution in [0, 0.1) is 3.57 Å². The molecule has 0 amide bonds. The van der Waals surface area contributed by atoms with Crippen LogP contribution in [0.4, 0.5) is 5.95 Å². The average molecular weight is 360 g/mol. The van der Waals surface area contributed by atoms with Crippen LogP contribution in [-0.4, -0.2) is 9.97 Å². The van der Waals surface area contributed by atoms with E-state index in [-0.39, 0.29) is 0 Å². The monoisotopic (exact) mass is 359 g/mol. The predicted octanol–water partition coefficient (Wildman–Crippen LogP) is 3.43. The molecule has 0 aliphatic heterocycles. The quantitative estimate of drug-likeness (QED) is 0.671. The number of nitrogens with one attached hydrogen (secondary N) is 1. The van der Waals surface area contributed by atoms with E-state index >= 15 is 0 Å². The first-order valence-corrected chi connectivity index (χ1v) is 6.74. The van der Waals surface area contributed by atoms with E-state index < -0.39 is 0 Å². The Morgan fingerprint density at radius 3 is 2.24 bits per heavy atom. The van der Waals surface area contributed by atoms with E-state index in [0.29, 0.717) is 18.4 Å². The summed E-state index contributed by atoms with van der Waals surface area (Å²) in [6.45, 7) is 0.711. The molecule has 0 spiro atoms. The van der Waals surface area contributed by atoms with Crippen LogP contribution in [0.25, 0.3) is 0 Å². The van der Waals surface area contributed by atoms with Crippen LogP contribution in [-0.2, 0) is 12.4 Å². The summed E-state index contributed by atoms with van der Waals surface area (Å²) < 4.78 is 1.03. The third-order valence-electron chi connectivity index (χ3n) is 2.25. The molecule has 0 aliphatic carbocycles. The Morgan fingerprint density at radius 2 is 1.65 bits per heavy atom. The number of hydrogen-bond donors (Lipinski definition) is 1. The number of benzene rings is 1. The van der Waals surface area contributed by atoms with Gasteiger partial charge in [-0.3, -0.25) is 0 Å². The lowest BCUT2D eigenvalue weighted by Crippen LogP contribution is -2.03. The van der Waals surface area contributed by atoms with Gasteiger partial charge in [0.05, 0.1) is 0 Å². The van der Waals surface area contributed by atoms with Gasteiger partial charge in [0, 0.05) is 28.4 Å². The largest absolute Gasteiger partial charge is 0.350 e. The van der Waals surface area contributed by atoms with Crippen LogP contribution in [0.5, 0.6) is 0 Å². The van der Waals surface area contributed by atoms with Crippen molar-refractivity contribution in [1.82, 2.24) is 9.97 Å². The highest BCUT2D eigenvalue weighted by atomic mass is 127. The van der Waals surface area contributed by atoms with Gasteiger partial charge in [-0.25, -0.2) is 9.97 Å². The van der Waals surface area contributed by atoms with Crippen LogP contribution in [0.15, 0.2) is 36.7 Å². The topological polar surface area (TPSA) is 37.8 Å².